The highest BCUT2D eigenvalue weighted by molar-refractivity contribution is 7.86. The Morgan fingerprint density at radius 3 is 1.98 bits per heavy atom. The van der Waals surface area contributed by atoms with E-state index in [0.717, 1.165) is 22.4 Å². The smallest absolute Gasteiger partial charge is 0.282 e. The first-order chi connectivity index (χ1) is 19.1. The van der Waals surface area contributed by atoms with E-state index in [-0.39, 0.29) is 25.9 Å². The normalized spacial score (nSPS) is 15.2. The van der Waals surface area contributed by atoms with Gasteiger partial charge in [0.05, 0.1) is 56.6 Å². The van der Waals surface area contributed by atoms with Crippen LogP contribution in [0.2, 0.25) is 20.1 Å². The molecule has 0 bridgehead atoms. The molecule has 1 aliphatic heterocycles. The number of fused-ring (bicyclic) bond motifs is 2. The molecule has 10 nitrogen and oxygen atoms in total. The molecule has 0 saturated carbocycles. The molecule has 16 heteroatoms. The summed E-state index contributed by atoms with van der Waals surface area (Å²) in [5, 5.41) is 1.42. The van der Waals surface area contributed by atoms with E-state index in [2.05, 4.69) is 0 Å². The number of allylic oxidation sites excluding steroid dienone is 2. The molecule has 0 fully saturated rings. The molecule has 41 heavy (non-hydrogen) atoms. The number of benzene rings is 2. The minimum absolute atomic E-state index is 0.159. The Hall–Kier alpha value is -2.03. The number of halogens is 4. The molecule has 2 heterocycles. The van der Waals surface area contributed by atoms with Gasteiger partial charge in [-0.2, -0.15) is 16.8 Å². The minimum atomic E-state index is -4.14. The molecule has 2 aromatic carbocycles. The zero-order valence-electron chi connectivity index (χ0n) is 21.9. The predicted molar refractivity (Wildman–Crippen MR) is 165 cm³/mol. The van der Waals surface area contributed by atoms with E-state index in [0.29, 0.717) is 31.7 Å². The van der Waals surface area contributed by atoms with Gasteiger partial charge in [0, 0.05) is 38.2 Å². The summed E-state index contributed by atoms with van der Waals surface area (Å²) in [7, 11) is -4.60. The fraction of sp³-hybridized carbons (Fsp3) is 0.320. The van der Waals surface area contributed by atoms with Gasteiger partial charge < -0.3 is 9.80 Å². The molecule has 0 spiro atoms. The van der Waals surface area contributed by atoms with Crippen LogP contribution >= 0.6 is 46.4 Å². The standard InChI is InChI=1S/C25H26Cl4N4O6S2/c1-30-20-12-16(26)18(28)14-22(20)32(8-4-10-40(34,35)36)24(30)6-3-7-25-31(2)21-13-17(27)19(29)15-23(21)33(25)9-5-11-41(37,38)39/h3,6-7,12-15H,4-5,8-11H2,1-2H3,(H-,34,35,36,37,38,39)/p+1. The number of hydrogen-bond donors (Lipinski definition) is 2. The van der Waals surface area contributed by atoms with Crippen LogP contribution in [0.5, 0.6) is 0 Å². The molecular formula is C25H27Cl4N4O6S2+. The number of nitrogens with zero attached hydrogens (tertiary/aromatic N) is 4. The van der Waals surface area contributed by atoms with Crippen molar-refractivity contribution in [3.63, 3.8) is 0 Å². The van der Waals surface area contributed by atoms with Crippen LogP contribution in [0, 0.1) is 0 Å². The second-order valence-corrected chi connectivity index (χ2v) is 14.2. The molecule has 2 N–H and O–H groups in total. The Morgan fingerprint density at radius 2 is 1.37 bits per heavy atom. The SMILES string of the molecule is CN1/C(=C\C=C\c2n(CCCS(=O)(=O)O)c3cc(Cl)c(Cl)cc3[n+]2C)N(CCCS(=O)(=O)O)c2cc(Cl)c(Cl)cc21. The van der Waals surface area contributed by atoms with Gasteiger partial charge in [0.1, 0.15) is 5.82 Å². The number of anilines is 2. The number of imidazole rings is 1. The molecule has 4 rings (SSSR count). The lowest BCUT2D eigenvalue weighted by Gasteiger charge is -2.22. The molecule has 1 aliphatic rings. The molecule has 222 valence electrons. The van der Waals surface area contributed by atoms with Crippen molar-refractivity contribution < 1.29 is 30.5 Å². The third-order valence-corrected chi connectivity index (χ3v) is 9.69. The van der Waals surface area contributed by atoms with Crippen molar-refractivity contribution in [1.82, 2.24) is 4.57 Å². The molecule has 1 aromatic heterocycles. The second-order valence-electron chi connectivity index (χ2n) is 9.45. The average Bonchev–Trinajstić information content (AvgIpc) is 3.24. The largest absolute Gasteiger partial charge is 0.329 e. The van der Waals surface area contributed by atoms with Crippen molar-refractivity contribution in [2.24, 2.45) is 7.05 Å². The summed E-state index contributed by atoms with van der Waals surface area (Å²) in [6, 6.07) is 6.85. The molecule has 0 unspecified atom stereocenters. The highest BCUT2D eigenvalue weighted by Gasteiger charge is 2.30. The van der Waals surface area contributed by atoms with Crippen LogP contribution in [0.1, 0.15) is 18.7 Å². The maximum absolute atomic E-state index is 11.3. The van der Waals surface area contributed by atoms with Gasteiger partial charge in [-0.05, 0) is 24.6 Å². The summed E-state index contributed by atoms with van der Waals surface area (Å²) >= 11 is 25.1. The quantitative estimate of drug-likeness (QED) is 0.214. The van der Waals surface area contributed by atoms with E-state index in [9.17, 15) is 25.9 Å². The van der Waals surface area contributed by atoms with Crippen molar-refractivity contribution in [2.45, 2.75) is 19.4 Å². The second kappa shape index (κ2) is 12.3. The summed E-state index contributed by atoms with van der Waals surface area (Å²) in [4.78, 5) is 3.77. The first-order valence-electron chi connectivity index (χ1n) is 12.2. The lowest BCUT2D eigenvalue weighted by Crippen LogP contribution is -2.31. The molecule has 0 saturated heterocycles. The lowest BCUT2D eigenvalue weighted by atomic mass is 10.2. The van der Waals surface area contributed by atoms with Gasteiger partial charge in [-0.15, -0.1) is 0 Å². The molecule has 0 aliphatic carbocycles. The molecule has 0 radical (unpaired) electrons. The van der Waals surface area contributed by atoms with E-state index in [4.69, 9.17) is 46.4 Å². The summed E-state index contributed by atoms with van der Waals surface area (Å²) in [6.45, 7) is 0.547. The number of rotatable bonds is 10. The summed E-state index contributed by atoms with van der Waals surface area (Å²) in [5.74, 6) is 0.593. The zero-order chi connectivity index (χ0) is 30.3. The topological polar surface area (TPSA) is 124 Å². The minimum Gasteiger partial charge on any atom is -0.329 e. The van der Waals surface area contributed by atoms with Gasteiger partial charge in [-0.25, -0.2) is 9.13 Å². The Kier molecular flexibility index (Phi) is 9.56. The summed E-state index contributed by atoms with van der Waals surface area (Å²) in [6.07, 6.45) is 5.77. The molecular weight excluding hydrogens is 658 g/mol. The first kappa shape index (κ1) is 31.9. The molecule has 3 aromatic rings. The van der Waals surface area contributed by atoms with Crippen molar-refractivity contribution in [3.8, 4) is 0 Å². The van der Waals surface area contributed by atoms with Crippen LogP contribution in [0.4, 0.5) is 11.4 Å². The Labute approximate surface area is 258 Å². The van der Waals surface area contributed by atoms with E-state index >= 15 is 0 Å². The fourth-order valence-corrected chi connectivity index (χ4v) is 6.40. The fourth-order valence-electron chi connectivity index (χ4n) is 4.78. The summed E-state index contributed by atoms with van der Waals surface area (Å²) < 4.78 is 67.5. The van der Waals surface area contributed by atoms with E-state index in [1.165, 1.54) is 0 Å². The predicted octanol–water partition coefficient (Wildman–Crippen LogP) is 5.45. The van der Waals surface area contributed by atoms with Crippen LogP contribution in [0.25, 0.3) is 17.1 Å². The third-order valence-electron chi connectivity index (χ3n) is 6.64. The van der Waals surface area contributed by atoms with Gasteiger partial charge in [-0.3, -0.25) is 9.11 Å². The maximum Gasteiger partial charge on any atom is 0.282 e. The Bertz CT molecular complexity index is 1790. The zero-order valence-corrected chi connectivity index (χ0v) is 26.6. The van der Waals surface area contributed by atoms with Crippen LogP contribution in [0.15, 0.2) is 42.2 Å². The van der Waals surface area contributed by atoms with E-state index < -0.39 is 31.7 Å². The monoisotopic (exact) mass is 683 g/mol. The highest BCUT2D eigenvalue weighted by atomic mass is 35.5. The maximum atomic E-state index is 11.3. The van der Waals surface area contributed by atoms with Gasteiger partial charge in [0.15, 0.2) is 11.0 Å². The molecule has 0 atom stereocenters. The first-order valence-corrected chi connectivity index (χ1v) is 17.0. The van der Waals surface area contributed by atoms with Crippen molar-refractivity contribution in [1.29, 1.82) is 0 Å². The third kappa shape index (κ3) is 7.31. The lowest BCUT2D eigenvalue weighted by molar-refractivity contribution is -0.647. The van der Waals surface area contributed by atoms with E-state index in [1.807, 2.05) is 45.2 Å². The average molecular weight is 685 g/mol. The van der Waals surface area contributed by atoms with Gasteiger partial charge in [0.25, 0.3) is 26.1 Å². The van der Waals surface area contributed by atoms with Crippen LogP contribution in [-0.4, -0.2) is 55.6 Å². The van der Waals surface area contributed by atoms with Crippen molar-refractivity contribution >= 4 is 95.1 Å². The van der Waals surface area contributed by atoms with E-state index in [1.54, 1.807) is 30.3 Å². The summed E-state index contributed by atoms with van der Waals surface area (Å²) in [5.41, 5.74) is 2.98. The van der Waals surface area contributed by atoms with Crippen LogP contribution in [0.3, 0.4) is 0 Å². The Morgan fingerprint density at radius 1 is 0.829 bits per heavy atom. The number of aryl methyl sites for hydroxylation is 2. The van der Waals surface area contributed by atoms with Gasteiger partial charge in [0.2, 0.25) is 0 Å². The van der Waals surface area contributed by atoms with Crippen LogP contribution in [-0.2, 0) is 33.8 Å². The van der Waals surface area contributed by atoms with Gasteiger partial charge in [-0.1, -0.05) is 52.5 Å². The van der Waals surface area contributed by atoms with Gasteiger partial charge >= 0.3 is 0 Å². The Balaban J connectivity index is 1.74. The highest BCUT2D eigenvalue weighted by Crippen LogP contribution is 2.45. The molecule has 0 amide bonds. The number of aromatic nitrogens is 2. The van der Waals surface area contributed by atoms with Crippen molar-refractivity contribution in [2.75, 3.05) is 34.9 Å². The van der Waals surface area contributed by atoms with Crippen LogP contribution < -0.4 is 14.4 Å². The van der Waals surface area contributed by atoms with Crippen molar-refractivity contribution in [3.05, 3.63) is 68.2 Å². The number of hydrogen-bond acceptors (Lipinski definition) is 6.